The van der Waals surface area contributed by atoms with Gasteiger partial charge < -0.3 is 0 Å². The third kappa shape index (κ3) is 3.30. The van der Waals surface area contributed by atoms with Gasteiger partial charge in [0.2, 0.25) is 0 Å². The molecule has 116 valence electrons. The molecule has 0 aliphatic heterocycles. The fourth-order valence-electron chi connectivity index (χ4n) is 4.54. The van der Waals surface area contributed by atoms with Crippen LogP contribution in [-0.4, -0.2) is 0 Å². The van der Waals surface area contributed by atoms with Crippen molar-refractivity contribution in [3.63, 3.8) is 0 Å². The molecule has 3 rings (SSSR count). The lowest BCUT2D eigenvalue weighted by molar-refractivity contribution is 0.163. The summed E-state index contributed by atoms with van der Waals surface area (Å²) in [6.07, 6.45) is 9.67. The van der Waals surface area contributed by atoms with E-state index < -0.39 is 0 Å². The molecule has 0 heterocycles. The van der Waals surface area contributed by atoms with Crippen molar-refractivity contribution in [3.8, 4) is 0 Å². The maximum Gasteiger partial charge on any atom is 0.129 e. The molecule has 21 heavy (non-hydrogen) atoms. The van der Waals surface area contributed by atoms with Gasteiger partial charge in [-0.25, -0.2) is 8.78 Å². The molecule has 0 radical (unpaired) electrons. The van der Waals surface area contributed by atoms with Gasteiger partial charge in [-0.3, -0.25) is 0 Å². The Kier molecular flexibility index (Phi) is 4.61. The highest BCUT2D eigenvalue weighted by Crippen LogP contribution is 2.44. The van der Waals surface area contributed by atoms with E-state index in [-0.39, 0.29) is 17.6 Å². The monoisotopic (exact) mass is 292 g/mol. The van der Waals surface area contributed by atoms with Crippen LogP contribution in [0.15, 0.2) is 18.2 Å². The number of hydrogen-bond donors (Lipinski definition) is 0. The average molecular weight is 292 g/mol. The van der Waals surface area contributed by atoms with Crippen LogP contribution in [0, 0.1) is 29.4 Å². The van der Waals surface area contributed by atoms with Crippen LogP contribution >= 0.6 is 0 Å². The molecule has 2 aliphatic carbocycles. The molecule has 0 atom stereocenters. The minimum atomic E-state index is -0.357. The van der Waals surface area contributed by atoms with E-state index in [0.717, 1.165) is 43.4 Å². The maximum absolute atomic E-state index is 13.9. The van der Waals surface area contributed by atoms with Crippen molar-refractivity contribution in [2.75, 3.05) is 0 Å². The molecular weight excluding hydrogens is 266 g/mol. The Morgan fingerprint density at radius 2 is 1.24 bits per heavy atom. The van der Waals surface area contributed by atoms with Crippen LogP contribution < -0.4 is 0 Å². The van der Waals surface area contributed by atoms with Crippen molar-refractivity contribution in [2.24, 2.45) is 17.8 Å². The summed E-state index contributed by atoms with van der Waals surface area (Å²) in [7, 11) is 0. The van der Waals surface area contributed by atoms with Crippen molar-refractivity contribution in [1.82, 2.24) is 0 Å². The highest BCUT2D eigenvalue weighted by Gasteiger charge is 2.32. The van der Waals surface area contributed by atoms with Gasteiger partial charge in [-0.1, -0.05) is 25.8 Å². The Hall–Kier alpha value is -0.920. The summed E-state index contributed by atoms with van der Waals surface area (Å²) in [6, 6.07) is 4.25. The molecule has 0 spiro atoms. The second-order valence-electron chi connectivity index (χ2n) is 7.27. The van der Waals surface area contributed by atoms with Crippen molar-refractivity contribution in [1.29, 1.82) is 0 Å². The Balaban J connectivity index is 1.60. The van der Waals surface area contributed by atoms with E-state index in [9.17, 15) is 8.78 Å². The standard InChI is InChI=1S/C19H26F2/c1-13-5-7-14(8-6-13)15-9-11-16(12-10-15)19-17(20)3-2-4-18(19)21/h2-4,13-16H,5-12H2,1H3. The number of benzene rings is 1. The molecule has 2 saturated carbocycles. The van der Waals surface area contributed by atoms with Crippen LogP contribution in [0.1, 0.15) is 69.8 Å². The number of rotatable bonds is 2. The number of hydrogen-bond acceptors (Lipinski definition) is 0. The van der Waals surface area contributed by atoms with Gasteiger partial charge >= 0.3 is 0 Å². The molecule has 2 aliphatic rings. The van der Waals surface area contributed by atoms with Crippen molar-refractivity contribution < 1.29 is 8.78 Å². The molecule has 1 aromatic carbocycles. The first kappa shape index (κ1) is 15.0. The summed E-state index contributed by atoms with van der Waals surface area (Å²) in [4.78, 5) is 0. The van der Waals surface area contributed by atoms with E-state index in [1.54, 1.807) is 0 Å². The molecule has 2 heteroatoms. The van der Waals surface area contributed by atoms with Crippen LogP contribution in [0.4, 0.5) is 8.78 Å². The quantitative estimate of drug-likeness (QED) is 0.621. The predicted octanol–water partition coefficient (Wildman–Crippen LogP) is 6.06. The summed E-state index contributed by atoms with van der Waals surface area (Å²) in [5.41, 5.74) is 0.341. The van der Waals surface area contributed by atoms with Gasteiger partial charge in [-0.05, 0) is 74.3 Å². The lowest BCUT2D eigenvalue weighted by Crippen LogP contribution is -2.25. The van der Waals surface area contributed by atoms with E-state index in [2.05, 4.69) is 6.92 Å². The topological polar surface area (TPSA) is 0 Å². The smallest absolute Gasteiger partial charge is 0.129 e. The third-order valence-electron chi connectivity index (χ3n) is 5.91. The van der Waals surface area contributed by atoms with Crippen LogP contribution in [0.25, 0.3) is 0 Å². The Morgan fingerprint density at radius 3 is 1.76 bits per heavy atom. The Morgan fingerprint density at radius 1 is 0.762 bits per heavy atom. The molecule has 2 fully saturated rings. The fraction of sp³-hybridized carbons (Fsp3) is 0.684. The van der Waals surface area contributed by atoms with Crippen LogP contribution in [0.5, 0.6) is 0 Å². The normalized spacial score (nSPS) is 33.9. The van der Waals surface area contributed by atoms with Crippen LogP contribution in [0.3, 0.4) is 0 Å². The lowest BCUT2D eigenvalue weighted by Gasteiger charge is -2.37. The molecule has 1 aromatic rings. The first-order chi connectivity index (χ1) is 10.1. The molecular formula is C19H26F2. The zero-order valence-corrected chi connectivity index (χ0v) is 13.0. The molecule has 0 saturated heterocycles. The Labute approximate surface area is 126 Å². The van der Waals surface area contributed by atoms with Gasteiger partial charge in [0, 0.05) is 5.56 Å². The fourth-order valence-corrected chi connectivity index (χ4v) is 4.54. The van der Waals surface area contributed by atoms with Crippen LogP contribution in [-0.2, 0) is 0 Å². The maximum atomic E-state index is 13.9. The van der Waals surface area contributed by atoms with E-state index in [4.69, 9.17) is 0 Å². The third-order valence-corrected chi connectivity index (χ3v) is 5.91. The van der Waals surface area contributed by atoms with Gasteiger partial charge in [-0.15, -0.1) is 0 Å². The molecule has 0 unspecified atom stereocenters. The largest absolute Gasteiger partial charge is 0.207 e. The first-order valence-corrected chi connectivity index (χ1v) is 8.59. The second kappa shape index (κ2) is 6.46. The summed E-state index contributed by atoms with van der Waals surface area (Å²) >= 11 is 0. The van der Waals surface area contributed by atoms with Crippen molar-refractivity contribution in [3.05, 3.63) is 35.4 Å². The van der Waals surface area contributed by atoms with Gasteiger partial charge in [-0.2, -0.15) is 0 Å². The number of halogens is 2. The highest BCUT2D eigenvalue weighted by atomic mass is 19.1. The minimum absolute atomic E-state index is 0.0879. The van der Waals surface area contributed by atoms with E-state index in [0.29, 0.717) is 5.56 Å². The lowest BCUT2D eigenvalue weighted by atomic mass is 9.68. The van der Waals surface area contributed by atoms with Gasteiger partial charge in [0.05, 0.1) is 0 Å². The summed E-state index contributed by atoms with van der Waals surface area (Å²) < 4.78 is 27.8. The van der Waals surface area contributed by atoms with E-state index >= 15 is 0 Å². The first-order valence-electron chi connectivity index (χ1n) is 8.59. The summed E-state index contributed by atoms with van der Waals surface area (Å²) in [5.74, 6) is 1.93. The SMILES string of the molecule is CC1CCC(C2CCC(c3c(F)cccc3F)CC2)CC1. The Bertz CT molecular complexity index is 446. The van der Waals surface area contributed by atoms with Gasteiger partial charge in [0.25, 0.3) is 0 Å². The molecule has 0 nitrogen and oxygen atoms in total. The average Bonchev–Trinajstić information content (AvgIpc) is 2.49. The van der Waals surface area contributed by atoms with E-state index in [1.807, 2.05) is 0 Å². The van der Waals surface area contributed by atoms with Crippen molar-refractivity contribution in [2.45, 2.75) is 64.2 Å². The van der Waals surface area contributed by atoms with Crippen molar-refractivity contribution >= 4 is 0 Å². The second-order valence-corrected chi connectivity index (χ2v) is 7.27. The zero-order chi connectivity index (χ0) is 14.8. The van der Waals surface area contributed by atoms with E-state index in [1.165, 1.54) is 43.9 Å². The van der Waals surface area contributed by atoms with Gasteiger partial charge in [0.1, 0.15) is 11.6 Å². The minimum Gasteiger partial charge on any atom is -0.207 e. The zero-order valence-electron chi connectivity index (χ0n) is 13.0. The molecule has 0 amide bonds. The van der Waals surface area contributed by atoms with Crippen LogP contribution in [0.2, 0.25) is 0 Å². The molecule has 0 bridgehead atoms. The van der Waals surface area contributed by atoms with Gasteiger partial charge in [0.15, 0.2) is 0 Å². The summed E-state index contributed by atoms with van der Waals surface area (Å²) in [6.45, 7) is 2.36. The summed E-state index contributed by atoms with van der Waals surface area (Å²) in [5, 5.41) is 0. The molecule has 0 N–H and O–H groups in total. The predicted molar refractivity (Wildman–Crippen MR) is 82.2 cm³/mol. The molecule has 0 aromatic heterocycles. The highest BCUT2D eigenvalue weighted by molar-refractivity contribution is 5.24.